The average Bonchev–Trinajstić information content (AvgIpc) is 2.62. The standard InChI is InChI=1S/C12H18N4O12/c1-27-9(17)3-5-11(13(19)20,14(21)22)7-8-12(15(23)24,16(25)26)6-4-10(18)28-2/h3-8H2,1-2H3. The second-order valence-electron chi connectivity index (χ2n) is 5.65. The van der Waals surface area contributed by atoms with Gasteiger partial charge in [0.1, 0.15) is 12.8 Å². The number of nitro groups is 4. The van der Waals surface area contributed by atoms with Crippen molar-refractivity contribution in [2.75, 3.05) is 14.2 Å². The first-order valence-corrected chi connectivity index (χ1v) is 7.61. The van der Waals surface area contributed by atoms with Gasteiger partial charge in [0.15, 0.2) is 0 Å². The monoisotopic (exact) mass is 410 g/mol. The lowest BCUT2D eigenvalue weighted by Gasteiger charge is -2.20. The van der Waals surface area contributed by atoms with E-state index < -0.39 is 81.5 Å². The van der Waals surface area contributed by atoms with Crippen molar-refractivity contribution < 1.29 is 38.8 Å². The zero-order valence-electron chi connectivity index (χ0n) is 14.9. The van der Waals surface area contributed by atoms with Crippen LogP contribution in [0.1, 0.15) is 38.5 Å². The van der Waals surface area contributed by atoms with Crippen LogP contribution in [0.3, 0.4) is 0 Å². The molecule has 0 spiro atoms. The Labute approximate surface area is 156 Å². The van der Waals surface area contributed by atoms with Crippen molar-refractivity contribution in [2.24, 2.45) is 0 Å². The Hall–Kier alpha value is -3.46. The lowest BCUT2D eigenvalue weighted by atomic mass is 9.91. The molecule has 0 rings (SSSR count). The van der Waals surface area contributed by atoms with E-state index in [9.17, 15) is 50.0 Å². The van der Waals surface area contributed by atoms with Gasteiger partial charge in [0.2, 0.25) is 0 Å². The summed E-state index contributed by atoms with van der Waals surface area (Å²) in [6.45, 7) is 0. The summed E-state index contributed by atoms with van der Waals surface area (Å²) >= 11 is 0. The highest BCUT2D eigenvalue weighted by atomic mass is 16.7. The number of hydrogen-bond donors (Lipinski definition) is 0. The van der Waals surface area contributed by atoms with Crippen LogP contribution in [-0.4, -0.2) is 57.2 Å². The third kappa shape index (κ3) is 5.52. The minimum atomic E-state index is -3.09. The van der Waals surface area contributed by atoms with Gasteiger partial charge in [0.25, 0.3) is 0 Å². The maximum Gasteiger partial charge on any atom is 0.459 e. The molecule has 0 atom stereocenters. The summed E-state index contributed by atoms with van der Waals surface area (Å²) < 4.78 is 8.50. The molecule has 16 heteroatoms. The maximum absolute atomic E-state index is 11.3. The summed E-state index contributed by atoms with van der Waals surface area (Å²) in [6.07, 6.45) is -5.97. The Morgan fingerprint density at radius 3 is 1.07 bits per heavy atom. The Bertz CT molecular complexity index is 579. The molecule has 0 saturated carbocycles. The molecule has 0 N–H and O–H groups in total. The Morgan fingerprint density at radius 2 is 0.893 bits per heavy atom. The van der Waals surface area contributed by atoms with Crippen LogP contribution in [0.4, 0.5) is 0 Å². The fourth-order valence-electron chi connectivity index (χ4n) is 2.32. The minimum Gasteiger partial charge on any atom is -0.469 e. The summed E-state index contributed by atoms with van der Waals surface area (Å²) in [5.41, 5.74) is -6.17. The first kappa shape index (κ1) is 24.5. The van der Waals surface area contributed by atoms with E-state index in [-0.39, 0.29) is 0 Å². The number of methoxy groups -OCH3 is 2. The van der Waals surface area contributed by atoms with Gasteiger partial charge in [0, 0.05) is 0 Å². The molecule has 0 aromatic heterocycles. The van der Waals surface area contributed by atoms with Gasteiger partial charge in [-0.2, -0.15) is 0 Å². The van der Waals surface area contributed by atoms with Gasteiger partial charge >= 0.3 is 23.3 Å². The summed E-state index contributed by atoms with van der Waals surface area (Å²) in [6, 6.07) is 0. The second kappa shape index (κ2) is 10.0. The smallest absolute Gasteiger partial charge is 0.459 e. The summed E-state index contributed by atoms with van der Waals surface area (Å²) in [7, 11) is 1.89. The van der Waals surface area contributed by atoms with E-state index in [0.717, 1.165) is 14.2 Å². The molecular weight excluding hydrogens is 392 g/mol. The largest absolute Gasteiger partial charge is 0.469 e. The molecule has 0 aliphatic heterocycles. The van der Waals surface area contributed by atoms with Crippen molar-refractivity contribution in [1.82, 2.24) is 0 Å². The molecule has 0 radical (unpaired) electrons. The number of esters is 2. The minimum absolute atomic E-state index is 0.759. The van der Waals surface area contributed by atoms with Crippen LogP contribution in [0.15, 0.2) is 0 Å². The van der Waals surface area contributed by atoms with E-state index in [0.29, 0.717) is 0 Å². The lowest BCUT2D eigenvalue weighted by molar-refractivity contribution is -0.816. The molecule has 28 heavy (non-hydrogen) atoms. The zero-order valence-corrected chi connectivity index (χ0v) is 14.9. The predicted molar refractivity (Wildman–Crippen MR) is 85.2 cm³/mol. The maximum atomic E-state index is 11.3. The molecule has 0 aromatic carbocycles. The van der Waals surface area contributed by atoms with Crippen molar-refractivity contribution in [3.63, 3.8) is 0 Å². The van der Waals surface area contributed by atoms with E-state index in [1.54, 1.807) is 0 Å². The molecule has 0 bridgehead atoms. The summed E-state index contributed by atoms with van der Waals surface area (Å²) in [5.74, 6) is -2.01. The van der Waals surface area contributed by atoms with Crippen molar-refractivity contribution in [3.8, 4) is 0 Å². The summed E-state index contributed by atoms with van der Waals surface area (Å²) in [4.78, 5) is 62.3. The van der Waals surface area contributed by atoms with Gasteiger partial charge in [-0.15, -0.1) is 0 Å². The van der Waals surface area contributed by atoms with Crippen molar-refractivity contribution in [3.05, 3.63) is 40.5 Å². The number of carbonyl (C=O) groups is 2. The third-order valence-electron chi connectivity index (χ3n) is 4.20. The number of hydrogen-bond acceptors (Lipinski definition) is 12. The van der Waals surface area contributed by atoms with E-state index in [1.165, 1.54) is 0 Å². The van der Waals surface area contributed by atoms with Gasteiger partial charge in [0.05, 0.1) is 59.6 Å². The zero-order chi connectivity index (χ0) is 22.1. The highest BCUT2D eigenvalue weighted by molar-refractivity contribution is 5.69. The predicted octanol–water partition coefficient (Wildman–Crippen LogP) is 0.172. The quantitative estimate of drug-likeness (QED) is 0.171. The fourth-order valence-corrected chi connectivity index (χ4v) is 2.32. The molecule has 0 heterocycles. The van der Waals surface area contributed by atoms with Crippen molar-refractivity contribution in [2.45, 2.75) is 49.9 Å². The van der Waals surface area contributed by atoms with Crippen LogP contribution in [0.2, 0.25) is 0 Å². The van der Waals surface area contributed by atoms with Gasteiger partial charge in [-0.3, -0.25) is 50.0 Å². The lowest BCUT2D eigenvalue weighted by Crippen LogP contribution is -2.52. The molecule has 0 unspecified atom stereocenters. The van der Waals surface area contributed by atoms with Gasteiger partial charge in [-0.05, 0) is 0 Å². The molecule has 0 saturated heterocycles. The molecular formula is C12H18N4O12. The van der Waals surface area contributed by atoms with Crippen LogP contribution in [0.5, 0.6) is 0 Å². The molecule has 0 amide bonds. The number of nitrogens with zero attached hydrogens (tertiary/aromatic N) is 4. The van der Waals surface area contributed by atoms with Crippen LogP contribution in [0.25, 0.3) is 0 Å². The summed E-state index contributed by atoms with van der Waals surface area (Å²) in [5, 5.41) is 45.3. The molecule has 158 valence electrons. The Morgan fingerprint density at radius 1 is 0.643 bits per heavy atom. The van der Waals surface area contributed by atoms with Crippen LogP contribution in [0, 0.1) is 40.5 Å². The Kier molecular flexibility index (Phi) is 8.79. The van der Waals surface area contributed by atoms with E-state index in [2.05, 4.69) is 9.47 Å². The topological polar surface area (TPSA) is 225 Å². The van der Waals surface area contributed by atoms with Crippen LogP contribution >= 0.6 is 0 Å². The van der Waals surface area contributed by atoms with Crippen LogP contribution < -0.4 is 0 Å². The Balaban J connectivity index is 5.84. The molecule has 0 fully saturated rings. The van der Waals surface area contributed by atoms with Crippen molar-refractivity contribution in [1.29, 1.82) is 0 Å². The molecule has 0 aliphatic carbocycles. The van der Waals surface area contributed by atoms with Crippen molar-refractivity contribution >= 4 is 11.9 Å². The number of ether oxygens (including phenoxy) is 2. The normalized spacial score (nSPS) is 11.4. The number of carbonyl (C=O) groups excluding carboxylic acids is 2. The van der Waals surface area contributed by atoms with Gasteiger partial charge < -0.3 is 9.47 Å². The van der Waals surface area contributed by atoms with E-state index in [4.69, 9.17) is 0 Å². The highest BCUT2D eigenvalue weighted by Gasteiger charge is 2.63. The first-order chi connectivity index (χ1) is 12.9. The van der Waals surface area contributed by atoms with E-state index in [1.807, 2.05) is 0 Å². The molecule has 0 aromatic rings. The number of rotatable bonds is 13. The first-order valence-electron chi connectivity index (χ1n) is 7.61. The van der Waals surface area contributed by atoms with Gasteiger partial charge in [-0.25, -0.2) is 0 Å². The highest BCUT2D eigenvalue weighted by Crippen LogP contribution is 2.32. The van der Waals surface area contributed by atoms with Gasteiger partial charge in [-0.1, -0.05) is 0 Å². The SMILES string of the molecule is COC(=O)CCC(CCC(CCC(=O)OC)([N+](=O)[O-])[N+](=O)[O-])([N+](=O)[O-])[N+](=O)[O-]. The van der Waals surface area contributed by atoms with Crippen LogP contribution in [-0.2, 0) is 19.1 Å². The molecule has 16 nitrogen and oxygen atoms in total. The second-order valence-corrected chi connectivity index (χ2v) is 5.65. The molecule has 0 aliphatic rings. The fraction of sp³-hybridized carbons (Fsp3) is 0.833. The third-order valence-corrected chi connectivity index (χ3v) is 4.20. The average molecular weight is 410 g/mol. The van der Waals surface area contributed by atoms with E-state index >= 15 is 0 Å².